The van der Waals surface area contributed by atoms with Crippen molar-refractivity contribution in [3.8, 4) is 0 Å². The number of imide groups is 1. The number of nitrogens with zero attached hydrogens (tertiary/aromatic N) is 2. The molecule has 2 aliphatic heterocycles. The van der Waals surface area contributed by atoms with Gasteiger partial charge < -0.3 is 5.32 Å². The second-order valence-electron chi connectivity index (χ2n) is 9.48. The Labute approximate surface area is 231 Å². The molecule has 1 N–H and O–H groups in total. The van der Waals surface area contributed by atoms with E-state index >= 15 is 0 Å². The van der Waals surface area contributed by atoms with Crippen molar-refractivity contribution in [1.82, 2.24) is 4.57 Å². The minimum absolute atomic E-state index is 0.246. The van der Waals surface area contributed by atoms with Crippen LogP contribution >= 0.6 is 23.1 Å². The van der Waals surface area contributed by atoms with E-state index in [1.54, 1.807) is 48.5 Å². The van der Waals surface area contributed by atoms with Gasteiger partial charge in [-0.1, -0.05) is 71.1 Å². The summed E-state index contributed by atoms with van der Waals surface area (Å²) in [6, 6.07) is 21.8. The van der Waals surface area contributed by atoms with Crippen LogP contribution in [0.5, 0.6) is 0 Å². The fraction of sp³-hybridized carbons (Fsp3) is 0.172. The number of fused-ring (bicyclic) bond motifs is 2. The third-order valence-electron chi connectivity index (χ3n) is 6.93. The molecule has 3 heterocycles. The molecule has 39 heavy (non-hydrogen) atoms. The van der Waals surface area contributed by atoms with Gasteiger partial charge in [0.05, 0.1) is 16.6 Å². The molecule has 7 nitrogen and oxygen atoms in total. The number of aromatic nitrogens is 1. The summed E-state index contributed by atoms with van der Waals surface area (Å²) in [6.07, 6.45) is 0. The average Bonchev–Trinajstić information content (AvgIpc) is 3.36. The Morgan fingerprint density at radius 1 is 0.923 bits per heavy atom. The molecule has 1 saturated heterocycles. The minimum Gasteiger partial charge on any atom is -0.325 e. The highest BCUT2D eigenvalue weighted by Crippen LogP contribution is 2.53. The Kier molecular flexibility index (Phi) is 6.44. The number of nitrogens with one attached hydrogen (secondary N) is 1. The topological polar surface area (TPSA) is 88.5 Å². The number of amides is 3. The molecule has 3 aromatic carbocycles. The molecule has 196 valence electrons. The first-order valence-corrected chi connectivity index (χ1v) is 14.0. The van der Waals surface area contributed by atoms with E-state index in [0.717, 1.165) is 28.7 Å². The number of para-hydroxylation sites is 1. The van der Waals surface area contributed by atoms with Crippen LogP contribution in [-0.4, -0.2) is 27.5 Å². The molecular formula is C29H22FN3O4S2. The summed E-state index contributed by atoms with van der Waals surface area (Å²) >= 11 is 2.10. The van der Waals surface area contributed by atoms with Gasteiger partial charge in [-0.2, -0.15) is 0 Å². The first-order chi connectivity index (χ1) is 18.8. The SMILES string of the molecule is Cc1ccc(N2C(=O)[C@@H]3[C@H](c4ccc(F)cc4)c4sc(=O)n(CC(=O)Nc5ccccc5)c4S[C@@H]3C2=O)cc1. The third kappa shape index (κ3) is 4.49. The number of rotatable bonds is 5. The van der Waals surface area contributed by atoms with Crippen LogP contribution in [0.25, 0.3) is 0 Å². The van der Waals surface area contributed by atoms with Gasteiger partial charge in [0.15, 0.2) is 0 Å². The number of aryl methyl sites for hydroxylation is 1. The van der Waals surface area contributed by atoms with Gasteiger partial charge in [0, 0.05) is 16.5 Å². The van der Waals surface area contributed by atoms with Crippen molar-refractivity contribution in [2.75, 3.05) is 10.2 Å². The Morgan fingerprint density at radius 3 is 2.31 bits per heavy atom. The summed E-state index contributed by atoms with van der Waals surface area (Å²) in [5.74, 6) is -2.99. The van der Waals surface area contributed by atoms with Crippen molar-refractivity contribution in [3.63, 3.8) is 0 Å². The van der Waals surface area contributed by atoms with Crippen LogP contribution in [0.1, 0.15) is 21.9 Å². The number of halogens is 1. The summed E-state index contributed by atoms with van der Waals surface area (Å²) in [4.78, 5) is 55.0. The van der Waals surface area contributed by atoms with E-state index in [2.05, 4.69) is 5.32 Å². The van der Waals surface area contributed by atoms with E-state index in [4.69, 9.17) is 0 Å². The number of carbonyl (C=O) groups excluding carboxylic acids is 3. The highest BCUT2D eigenvalue weighted by molar-refractivity contribution is 8.00. The molecular weight excluding hydrogens is 537 g/mol. The molecule has 2 aliphatic rings. The molecule has 3 amide bonds. The number of hydrogen-bond donors (Lipinski definition) is 1. The lowest BCUT2D eigenvalue weighted by Gasteiger charge is -2.30. The molecule has 4 aromatic rings. The summed E-state index contributed by atoms with van der Waals surface area (Å²) in [7, 11) is 0. The lowest BCUT2D eigenvalue weighted by Crippen LogP contribution is -2.33. The molecule has 6 rings (SSSR count). The molecule has 1 fully saturated rings. The predicted octanol–water partition coefficient (Wildman–Crippen LogP) is 4.79. The monoisotopic (exact) mass is 559 g/mol. The van der Waals surface area contributed by atoms with Gasteiger partial charge in [0.1, 0.15) is 17.6 Å². The van der Waals surface area contributed by atoms with E-state index in [0.29, 0.717) is 26.8 Å². The van der Waals surface area contributed by atoms with Crippen molar-refractivity contribution in [3.05, 3.63) is 110 Å². The largest absolute Gasteiger partial charge is 0.325 e. The van der Waals surface area contributed by atoms with Gasteiger partial charge in [0.25, 0.3) is 0 Å². The van der Waals surface area contributed by atoms with Crippen molar-refractivity contribution in [2.45, 2.75) is 29.7 Å². The fourth-order valence-corrected chi connectivity index (χ4v) is 7.87. The first kappa shape index (κ1) is 25.3. The quantitative estimate of drug-likeness (QED) is 0.355. The Balaban J connectivity index is 1.42. The Morgan fingerprint density at radius 2 is 1.62 bits per heavy atom. The van der Waals surface area contributed by atoms with Gasteiger partial charge in [-0.15, -0.1) is 0 Å². The summed E-state index contributed by atoms with van der Waals surface area (Å²) in [5.41, 5.74) is 2.70. The Bertz CT molecular complexity index is 1650. The molecule has 1 aromatic heterocycles. The zero-order valence-corrected chi connectivity index (χ0v) is 22.3. The van der Waals surface area contributed by atoms with Crippen LogP contribution in [0.15, 0.2) is 88.7 Å². The predicted molar refractivity (Wildman–Crippen MR) is 149 cm³/mol. The molecule has 0 radical (unpaired) electrons. The number of anilines is 2. The van der Waals surface area contributed by atoms with Gasteiger partial charge in [-0.05, 0) is 48.9 Å². The number of thioether (sulfide) groups is 1. The molecule has 0 saturated carbocycles. The zero-order valence-electron chi connectivity index (χ0n) is 20.7. The first-order valence-electron chi connectivity index (χ1n) is 12.3. The standard InChI is InChI=1S/C29H22FN3O4S2/c1-16-7-13-20(14-8-16)33-26(35)23-22(17-9-11-18(30)12-10-17)25-28(38-24(23)27(33)36)32(29(37)39-25)15-21(34)31-19-5-3-2-4-6-19/h2-14,22-24H,15H2,1H3,(H,31,34)/t22-,23+,24-/m0/s1. The van der Waals surface area contributed by atoms with Crippen LogP contribution in [0.3, 0.4) is 0 Å². The van der Waals surface area contributed by atoms with E-state index in [9.17, 15) is 23.6 Å². The average molecular weight is 560 g/mol. The minimum atomic E-state index is -0.807. The lowest BCUT2D eigenvalue weighted by molar-refractivity contribution is -0.122. The van der Waals surface area contributed by atoms with Crippen molar-refractivity contribution in [2.24, 2.45) is 5.92 Å². The van der Waals surface area contributed by atoms with Crippen molar-refractivity contribution >= 4 is 52.2 Å². The number of benzene rings is 3. The molecule has 0 aliphatic carbocycles. The highest BCUT2D eigenvalue weighted by atomic mass is 32.2. The normalized spacial score (nSPS) is 20.1. The maximum Gasteiger partial charge on any atom is 0.308 e. The fourth-order valence-electron chi connectivity index (χ4n) is 5.10. The highest BCUT2D eigenvalue weighted by Gasteiger charge is 2.56. The van der Waals surface area contributed by atoms with Gasteiger partial charge in [0.2, 0.25) is 17.7 Å². The third-order valence-corrected chi connectivity index (χ3v) is 9.53. The zero-order chi connectivity index (χ0) is 27.3. The summed E-state index contributed by atoms with van der Waals surface area (Å²) in [6.45, 7) is 1.67. The van der Waals surface area contributed by atoms with Crippen LogP contribution < -0.4 is 15.1 Å². The van der Waals surface area contributed by atoms with Crippen molar-refractivity contribution in [1.29, 1.82) is 0 Å². The summed E-state index contributed by atoms with van der Waals surface area (Å²) < 4.78 is 15.2. The second kappa shape index (κ2) is 9.94. The molecule has 3 atom stereocenters. The maximum atomic E-state index is 13.8. The number of hydrogen-bond acceptors (Lipinski definition) is 6. The van der Waals surface area contributed by atoms with E-state index in [1.807, 2.05) is 25.1 Å². The van der Waals surface area contributed by atoms with E-state index < -0.39 is 22.9 Å². The van der Waals surface area contributed by atoms with Crippen LogP contribution in [0, 0.1) is 18.7 Å². The molecule has 0 bridgehead atoms. The number of thiazole rings is 1. The van der Waals surface area contributed by atoms with Crippen LogP contribution in [0.2, 0.25) is 0 Å². The van der Waals surface area contributed by atoms with Crippen LogP contribution in [0.4, 0.5) is 15.8 Å². The van der Waals surface area contributed by atoms with Gasteiger partial charge in [-0.25, -0.2) is 9.29 Å². The smallest absolute Gasteiger partial charge is 0.308 e. The van der Waals surface area contributed by atoms with Crippen LogP contribution in [-0.2, 0) is 20.9 Å². The van der Waals surface area contributed by atoms with E-state index in [-0.39, 0.29) is 29.1 Å². The number of carbonyl (C=O) groups is 3. The Hall–Kier alpha value is -4.02. The molecule has 0 unspecified atom stereocenters. The summed E-state index contributed by atoms with van der Waals surface area (Å²) in [5, 5.41) is 2.46. The molecule has 0 spiro atoms. The van der Waals surface area contributed by atoms with Crippen molar-refractivity contribution < 1.29 is 18.8 Å². The molecule has 10 heteroatoms. The lowest BCUT2D eigenvalue weighted by atomic mass is 9.83. The second-order valence-corrected chi connectivity index (χ2v) is 11.6. The maximum absolute atomic E-state index is 13.8. The van der Waals surface area contributed by atoms with Gasteiger partial charge in [-0.3, -0.25) is 23.7 Å². The van der Waals surface area contributed by atoms with E-state index in [1.165, 1.54) is 21.6 Å². The van der Waals surface area contributed by atoms with Gasteiger partial charge >= 0.3 is 4.87 Å².